The topological polar surface area (TPSA) is 71.8 Å². The summed E-state index contributed by atoms with van der Waals surface area (Å²) < 4.78 is 11.0. The molecule has 6 heteroatoms. The van der Waals surface area contributed by atoms with Crippen molar-refractivity contribution in [1.29, 1.82) is 0 Å². The van der Waals surface area contributed by atoms with E-state index < -0.39 is 6.04 Å². The molecule has 0 saturated heterocycles. The Kier molecular flexibility index (Phi) is 5.50. The fraction of sp³-hybridized carbons (Fsp3) is 0.259. The first-order valence-electron chi connectivity index (χ1n) is 11.2. The number of para-hydroxylation sites is 2. The average Bonchev–Trinajstić information content (AvgIpc) is 3.34. The average molecular weight is 443 g/mol. The minimum absolute atomic E-state index is 0.0210. The van der Waals surface area contributed by atoms with Crippen molar-refractivity contribution in [3.63, 3.8) is 0 Å². The summed E-state index contributed by atoms with van der Waals surface area (Å²) in [6, 6.07) is 18.6. The van der Waals surface area contributed by atoms with Gasteiger partial charge in [-0.2, -0.15) is 0 Å². The smallest absolute Gasteiger partial charge is 0.227 e. The van der Waals surface area contributed by atoms with Crippen LogP contribution in [0, 0.1) is 0 Å². The maximum absolute atomic E-state index is 13.7. The number of hydrogen-bond acceptors (Lipinski definition) is 5. The molecule has 3 aromatic rings. The van der Waals surface area contributed by atoms with Crippen LogP contribution in [0.15, 0.2) is 82.6 Å². The Hall–Kier alpha value is -3.80. The lowest BCUT2D eigenvalue weighted by molar-refractivity contribution is -0.119. The molecule has 2 atom stereocenters. The molecule has 0 unspecified atom stereocenters. The molecule has 1 aliphatic carbocycles. The highest BCUT2D eigenvalue weighted by Crippen LogP contribution is 2.47. The van der Waals surface area contributed by atoms with Crippen molar-refractivity contribution in [3.05, 3.63) is 89.5 Å². The number of fused-ring (bicyclic) bond motifs is 1. The van der Waals surface area contributed by atoms with E-state index in [0.717, 1.165) is 34.1 Å². The van der Waals surface area contributed by atoms with Gasteiger partial charge in [0.15, 0.2) is 5.78 Å². The molecule has 1 amide bonds. The minimum atomic E-state index is -0.528. The Morgan fingerprint density at radius 2 is 1.88 bits per heavy atom. The van der Waals surface area contributed by atoms with Crippen LogP contribution < -0.4 is 15.0 Å². The van der Waals surface area contributed by atoms with Gasteiger partial charge >= 0.3 is 0 Å². The van der Waals surface area contributed by atoms with Crippen LogP contribution in [0.5, 0.6) is 5.75 Å². The van der Waals surface area contributed by atoms with Crippen molar-refractivity contribution in [1.82, 2.24) is 0 Å². The molecular formula is C27H26N2O4. The molecule has 2 heterocycles. The number of allylic oxidation sites excluding steroid dienone is 1. The Morgan fingerprint density at radius 3 is 2.58 bits per heavy atom. The summed E-state index contributed by atoms with van der Waals surface area (Å²) in [6.45, 7) is 1.85. The molecule has 0 spiro atoms. The van der Waals surface area contributed by atoms with Gasteiger partial charge < -0.3 is 14.5 Å². The summed E-state index contributed by atoms with van der Waals surface area (Å²) in [6.07, 6.45) is 2.93. The first kappa shape index (κ1) is 21.1. The number of amides is 1. The Labute approximate surface area is 192 Å². The summed E-state index contributed by atoms with van der Waals surface area (Å²) in [5.74, 6) is 1.46. The van der Waals surface area contributed by atoms with Crippen LogP contribution in [0.2, 0.25) is 0 Å². The number of methoxy groups -OCH3 is 1. The number of ether oxygens (including phenoxy) is 1. The van der Waals surface area contributed by atoms with Crippen molar-refractivity contribution < 1.29 is 18.7 Å². The van der Waals surface area contributed by atoms with Gasteiger partial charge in [0.05, 0.1) is 30.8 Å². The second kappa shape index (κ2) is 8.62. The minimum Gasteiger partial charge on any atom is -0.497 e. The molecule has 0 saturated carbocycles. The third-order valence-corrected chi connectivity index (χ3v) is 6.44. The highest BCUT2D eigenvalue weighted by atomic mass is 16.5. The van der Waals surface area contributed by atoms with E-state index in [9.17, 15) is 9.59 Å². The summed E-state index contributed by atoms with van der Waals surface area (Å²) >= 11 is 0. The SMILES string of the molecule is CCC(=O)N1c2ccccc2NC2=C(C(=O)C[C@@H](c3ccco3)C2)[C@H]1c1ccc(OC)cc1. The molecule has 2 aromatic carbocycles. The van der Waals surface area contributed by atoms with Crippen LogP contribution in [0.1, 0.15) is 49.5 Å². The van der Waals surface area contributed by atoms with E-state index >= 15 is 0 Å². The first-order valence-corrected chi connectivity index (χ1v) is 11.2. The number of carbonyl (C=O) groups excluding carboxylic acids is 2. The standard InChI is InChI=1S/C27H26N2O4/c1-3-25(31)29-22-8-5-4-7-20(22)28-21-15-18(24-9-6-14-33-24)16-23(30)26(21)27(29)17-10-12-19(32-2)13-11-17/h4-14,18,27-28H,3,15-16H2,1-2H3/t18-,27+/m0/s1. The maximum atomic E-state index is 13.7. The number of rotatable bonds is 4. The fourth-order valence-electron chi connectivity index (χ4n) is 4.86. The quantitative estimate of drug-likeness (QED) is 0.570. The van der Waals surface area contributed by atoms with Gasteiger partial charge in [0.25, 0.3) is 0 Å². The molecule has 2 aliphatic rings. The van der Waals surface area contributed by atoms with E-state index in [0.29, 0.717) is 24.8 Å². The van der Waals surface area contributed by atoms with E-state index in [1.807, 2.05) is 67.6 Å². The van der Waals surface area contributed by atoms with E-state index in [-0.39, 0.29) is 17.6 Å². The number of Topliss-reactive ketones (excluding diaryl/α,β-unsaturated/α-hetero) is 1. The number of anilines is 2. The normalized spacial score (nSPS) is 19.9. The third-order valence-electron chi connectivity index (χ3n) is 6.44. The summed E-state index contributed by atoms with van der Waals surface area (Å²) in [5.41, 5.74) is 3.93. The van der Waals surface area contributed by atoms with Gasteiger partial charge in [-0.3, -0.25) is 14.5 Å². The summed E-state index contributed by atoms with van der Waals surface area (Å²) in [7, 11) is 1.62. The number of carbonyl (C=O) groups is 2. The molecule has 1 aliphatic heterocycles. The monoisotopic (exact) mass is 442 g/mol. The van der Waals surface area contributed by atoms with E-state index in [4.69, 9.17) is 9.15 Å². The van der Waals surface area contributed by atoms with Crippen molar-refractivity contribution in [3.8, 4) is 5.75 Å². The van der Waals surface area contributed by atoms with Crippen molar-refractivity contribution in [2.45, 2.75) is 38.1 Å². The Morgan fingerprint density at radius 1 is 1.09 bits per heavy atom. The zero-order chi connectivity index (χ0) is 22.9. The Bertz CT molecular complexity index is 1210. The number of benzene rings is 2. The number of hydrogen-bond donors (Lipinski definition) is 1. The number of nitrogens with one attached hydrogen (secondary N) is 1. The molecule has 6 nitrogen and oxygen atoms in total. The van der Waals surface area contributed by atoms with Crippen molar-refractivity contribution in [2.24, 2.45) is 0 Å². The first-order chi connectivity index (χ1) is 16.1. The van der Waals surface area contributed by atoms with E-state index in [1.165, 1.54) is 0 Å². The van der Waals surface area contributed by atoms with Crippen molar-refractivity contribution >= 4 is 23.1 Å². The lowest BCUT2D eigenvalue weighted by Gasteiger charge is -2.34. The van der Waals surface area contributed by atoms with Crippen LogP contribution in [-0.4, -0.2) is 18.8 Å². The molecule has 33 heavy (non-hydrogen) atoms. The second-order valence-corrected chi connectivity index (χ2v) is 8.37. The lowest BCUT2D eigenvalue weighted by atomic mass is 9.80. The van der Waals surface area contributed by atoms with Gasteiger partial charge in [-0.1, -0.05) is 31.2 Å². The van der Waals surface area contributed by atoms with Gasteiger partial charge in [0.1, 0.15) is 11.5 Å². The van der Waals surface area contributed by atoms with Crippen LogP contribution in [0.25, 0.3) is 0 Å². The molecule has 0 fully saturated rings. The van der Waals surface area contributed by atoms with Gasteiger partial charge in [-0.15, -0.1) is 0 Å². The summed E-state index contributed by atoms with van der Waals surface area (Å²) in [4.78, 5) is 28.8. The van der Waals surface area contributed by atoms with Crippen LogP contribution in [0.4, 0.5) is 11.4 Å². The predicted molar refractivity (Wildman–Crippen MR) is 126 cm³/mol. The number of nitrogens with zero attached hydrogens (tertiary/aromatic N) is 1. The molecule has 5 rings (SSSR count). The highest BCUT2D eigenvalue weighted by Gasteiger charge is 2.41. The molecule has 168 valence electrons. The largest absolute Gasteiger partial charge is 0.497 e. The van der Waals surface area contributed by atoms with Crippen molar-refractivity contribution in [2.75, 3.05) is 17.3 Å². The fourth-order valence-corrected chi connectivity index (χ4v) is 4.86. The van der Waals surface area contributed by atoms with Crippen LogP contribution in [-0.2, 0) is 9.59 Å². The number of furan rings is 1. The molecule has 1 aromatic heterocycles. The molecule has 1 N–H and O–H groups in total. The molecule has 0 radical (unpaired) electrons. The third kappa shape index (κ3) is 3.71. The Balaban J connectivity index is 1.71. The zero-order valence-corrected chi connectivity index (χ0v) is 18.7. The van der Waals surface area contributed by atoms with Gasteiger partial charge in [-0.25, -0.2) is 0 Å². The molecular weight excluding hydrogens is 416 g/mol. The summed E-state index contributed by atoms with van der Waals surface area (Å²) in [5, 5.41) is 3.51. The highest BCUT2D eigenvalue weighted by molar-refractivity contribution is 6.06. The second-order valence-electron chi connectivity index (χ2n) is 8.37. The maximum Gasteiger partial charge on any atom is 0.227 e. The van der Waals surface area contributed by atoms with E-state index in [2.05, 4.69) is 5.32 Å². The van der Waals surface area contributed by atoms with Crippen LogP contribution >= 0.6 is 0 Å². The van der Waals surface area contributed by atoms with Gasteiger partial charge in [0.2, 0.25) is 5.91 Å². The van der Waals surface area contributed by atoms with Gasteiger partial charge in [-0.05, 0) is 48.4 Å². The zero-order valence-electron chi connectivity index (χ0n) is 18.7. The van der Waals surface area contributed by atoms with Gasteiger partial charge in [0, 0.05) is 30.0 Å². The molecule has 0 bridgehead atoms. The van der Waals surface area contributed by atoms with E-state index in [1.54, 1.807) is 18.3 Å². The lowest BCUT2D eigenvalue weighted by Crippen LogP contribution is -2.38. The van der Waals surface area contributed by atoms with Crippen LogP contribution in [0.3, 0.4) is 0 Å². The predicted octanol–water partition coefficient (Wildman–Crippen LogP) is 5.60. The number of ketones is 1.